The number of carbonyl (C=O) groups is 1. The summed E-state index contributed by atoms with van der Waals surface area (Å²) < 4.78 is 47.6. The van der Waals surface area contributed by atoms with Gasteiger partial charge in [0, 0.05) is 13.0 Å². The fourth-order valence-electron chi connectivity index (χ4n) is 7.27. The zero-order chi connectivity index (χ0) is 22.1. The molecule has 0 spiro atoms. The van der Waals surface area contributed by atoms with Crippen molar-refractivity contribution < 1.29 is 22.4 Å². The molecule has 172 valence electrons. The van der Waals surface area contributed by atoms with Crippen LogP contribution < -0.4 is 10.6 Å². The van der Waals surface area contributed by atoms with Crippen LogP contribution in [0.15, 0.2) is 29.0 Å². The van der Waals surface area contributed by atoms with E-state index in [0.29, 0.717) is 12.3 Å². The van der Waals surface area contributed by atoms with Crippen LogP contribution in [0.3, 0.4) is 0 Å². The lowest BCUT2D eigenvalue weighted by Crippen LogP contribution is -2.51. The molecule has 0 radical (unpaired) electrons. The van der Waals surface area contributed by atoms with Gasteiger partial charge in [-0.25, -0.2) is 4.68 Å². The van der Waals surface area contributed by atoms with Gasteiger partial charge in [0.1, 0.15) is 17.1 Å². The quantitative estimate of drug-likeness (QED) is 0.684. The summed E-state index contributed by atoms with van der Waals surface area (Å²) >= 11 is 0. The van der Waals surface area contributed by atoms with Crippen molar-refractivity contribution in [3.8, 4) is 0 Å². The maximum Gasteiger partial charge on any atom is 0.410 e. The number of anilines is 1. The van der Waals surface area contributed by atoms with Gasteiger partial charge in [-0.2, -0.15) is 18.3 Å². The summed E-state index contributed by atoms with van der Waals surface area (Å²) in [7, 11) is 0. The first-order valence-electron chi connectivity index (χ1n) is 11.5. The van der Waals surface area contributed by atoms with Crippen LogP contribution >= 0.6 is 0 Å². The third-order valence-corrected chi connectivity index (χ3v) is 8.16. The number of fused-ring (bicyclic) bond motifs is 1. The molecule has 9 heteroatoms. The maximum absolute atomic E-state index is 13.8. The van der Waals surface area contributed by atoms with Crippen LogP contribution in [0, 0.1) is 23.2 Å². The lowest BCUT2D eigenvalue weighted by atomic mass is 9.49. The lowest BCUT2D eigenvalue weighted by molar-refractivity contribution is -0.174. The van der Waals surface area contributed by atoms with E-state index in [4.69, 9.17) is 4.42 Å². The topological polar surface area (TPSA) is 72.1 Å². The number of aromatic nitrogens is 2. The van der Waals surface area contributed by atoms with Gasteiger partial charge in [-0.1, -0.05) is 0 Å². The van der Waals surface area contributed by atoms with Crippen molar-refractivity contribution in [2.24, 2.45) is 23.2 Å². The Kier molecular flexibility index (Phi) is 4.43. The van der Waals surface area contributed by atoms with Gasteiger partial charge in [-0.05, 0) is 73.8 Å². The van der Waals surface area contributed by atoms with E-state index in [0.717, 1.165) is 41.7 Å². The van der Waals surface area contributed by atoms with Gasteiger partial charge < -0.3 is 15.1 Å². The number of halogens is 3. The van der Waals surface area contributed by atoms with Crippen molar-refractivity contribution in [3.63, 3.8) is 0 Å². The number of nitrogens with one attached hydrogen (secondary N) is 2. The summed E-state index contributed by atoms with van der Waals surface area (Å²) in [6, 6.07) is 0.781. The molecule has 4 bridgehead atoms. The summed E-state index contributed by atoms with van der Waals surface area (Å²) in [4.78, 5) is 13.1. The average Bonchev–Trinajstić information content (AvgIpc) is 3.39. The van der Waals surface area contributed by atoms with Crippen LogP contribution in [-0.4, -0.2) is 28.4 Å². The highest BCUT2D eigenvalue weighted by molar-refractivity contribution is 5.98. The third kappa shape index (κ3) is 3.31. The number of hydrogen-bond donors (Lipinski definition) is 2. The highest BCUT2D eigenvalue weighted by Gasteiger charge is 2.51. The monoisotopic (exact) mass is 448 g/mol. The van der Waals surface area contributed by atoms with Gasteiger partial charge in [0.15, 0.2) is 6.04 Å². The SMILES string of the molecule is O=C(NCC12CC3CC(CC(C3)C1)C2)c1cnn2c1NC(c1ccco1)CC2C(F)(F)F. The van der Waals surface area contributed by atoms with Gasteiger partial charge in [-0.15, -0.1) is 0 Å². The second kappa shape index (κ2) is 7.02. The standard InChI is InChI=1S/C23H27F3N4O2/c24-23(25,26)19-7-17(18-2-1-3-32-18)29-20-16(11-28-30(19)20)21(31)27-12-22-8-13-4-14(9-22)6-15(5-13)10-22/h1-3,11,13-15,17,19,29H,4-10,12H2,(H,27,31). The summed E-state index contributed by atoms with van der Waals surface area (Å²) in [6.07, 6.45) is 5.37. The van der Waals surface area contributed by atoms with Crippen molar-refractivity contribution in [1.29, 1.82) is 0 Å². The first-order valence-corrected chi connectivity index (χ1v) is 11.5. The highest BCUT2D eigenvalue weighted by atomic mass is 19.4. The molecule has 5 aliphatic rings. The van der Waals surface area contributed by atoms with Gasteiger partial charge >= 0.3 is 6.18 Å². The van der Waals surface area contributed by atoms with Gasteiger partial charge in [0.05, 0.1) is 18.5 Å². The van der Waals surface area contributed by atoms with E-state index in [9.17, 15) is 18.0 Å². The van der Waals surface area contributed by atoms with Gasteiger partial charge in [-0.3, -0.25) is 4.79 Å². The molecule has 1 amide bonds. The summed E-state index contributed by atoms with van der Waals surface area (Å²) in [5.74, 6) is 2.45. The van der Waals surface area contributed by atoms with Crippen LogP contribution in [0.2, 0.25) is 0 Å². The number of nitrogens with zero attached hydrogens (tertiary/aromatic N) is 2. The molecule has 2 aromatic rings. The number of furan rings is 1. The van der Waals surface area contributed by atoms with Gasteiger partial charge in [0.25, 0.3) is 5.91 Å². The Labute approximate surface area is 183 Å². The van der Waals surface area contributed by atoms with Crippen LogP contribution in [0.5, 0.6) is 0 Å². The molecule has 6 nitrogen and oxygen atoms in total. The molecule has 1 aliphatic heterocycles. The second-order valence-electron chi connectivity index (χ2n) is 10.5. The molecule has 4 fully saturated rings. The first kappa shape index (κ1) is 20.2. The average molecular weight is 448 g/mol. The molecule has 7 rings (SSSR count). The van der Waals surface area contributed by atoms with Crippen molar-refractivity contribution in [2.45, 2.75) is 63.2 Å². The maximum atomic E-state index is 13.8. The number of amides is 1. The van der Waals surface area contributed by atoms with E-state index in [-0.39, 0.29) is 29.1 Å². The van der Waals surface area contributed by atoms with Crippen molar-refractivity contribution >= 4 is 11.7 Å². The van der Waals surface area contributed by atoms with Gasteiger partial charge in [0.2, 0.25) is 0 Å². The van der Waals surface area contributed by atoms with E-state index < -0.39 is 18.3 Å². The van der Waals surface area contributed by atoms with E-state index >= 15 is 0 Å². The molecule has 2 aromatic heterocycles. The lowest BCUT2D eigenvalue weighted by Gasteiger charge is -2.56. The molecule has 0 aromatic carbocycles. The second-order valence-corrected chi connectivity index (χ2v) is 10.5. The van der Waals surface area contributed by atoms with E-state index in [1.807, 2.05) is 0 Å². The number of carbonyl (C=O) groups excluding carboxylic acids is 1. The molecular formula is C23H27F3N4O2. The molecule has 2 N–H and O–H groups in total. The third-order valence-electron chi connectivity index (χ3n) is 8.16. The Morgan fingerprint density at radius 3 is 2.47 bits per heavy atom. The normalized spacial score (nSPS) is 35.4. The van der Waals surface area contributed by atoms with Crippen LogP contribution in [0.4, 0.5) is 19.0 Å². The highest BCUT2D eigenvalue weighted by Crippen LogP contribution is 2.59. The Bertz CT molecular complexity index is 978. The van der Waals surface area contributed by atoms with E-state index in [2.05, 4.69) is 15.7 Å². The Hall–Kier alpha value is -2.45. The predicted octanol–water partition coefficient (Wildman–Crippen LogP) is 5.08. The van der Waals surface area contributed by atoms with Crippen LogP contribution in [-0.2, 0) is 0 Å². The van der Waals surface area contributed by atoms with Crippen molar-refractivity contribution in [2.75, 3.05) is 11.9 Å². The Morgan fingerprint density at radius 1 is 1.19 bits per heavy atom. The van der Waals surface area contributed by atoms with Crippen molar-refractivity contribution in [3.05, 3.63) is 35.9 Å². The minimum atomic E-state index is -4.49. The summed E-state index contributed by atoms with van der Waals surface area (Å²) in [5.41, 5.74) is 0.302. The fraction of sp³-hybridized carbons (Fsp3) is 0.652. The minimum absolute atomic E-state index is 0.1000. The minimum Gasteiger partial charge on any atom is -0.467 e. The molecule has 4 aliphatic carbocycles. The Balaban J connectivity index is 1.24. The van der Waals surface area contributed by atoms with Crippen LogP contribution in [0.25, 0.3) is 0 Å². The summed E-state index contributed by atoms with van der Waals surface area (Å²) in [6.45, 7) is 0.588. The first-order chi connectivity index (χ1) is 15.3. The van der Waals surface area contributed by atoms with Crippen molar-refractivity contribution in [1.82, 2.24) is 15.1 Å². The molecule has 0 saturated heterocycles. The smallest absolute Gasteiger partial charge is 0.410 e. The molecule has 3 heterocycles. The zero-order valence-corrected chi connectivity index (χ0v) is 17.7. The van der Waals surface area contributed by atoms with E-state index in [1.165, 1.54) is 31.7 Å². The largest absolute Gasteiger partial charge is 0.467 e. The molecule has 2 atom stereocenters. The zero-order valence-electron chi connectivity index (χ0n) is 17.7. The van der Waals surface area contributed by atoms with Crippen LogP contribution in [0.1, 0.15) is 73.1 Å². The fourth-order valence-corrected chi connectivity index (χ4v) is 7.27. The molecular weight excluding hydrogens is 421 g/mol. The number of alkyl halides is 3. The molecule has 32 heavy (non-hydrogen) atoms. The Morgan fingerprint density at radius 2 is 1.88 bits per heavy atom. The number of hydrogen-bond acceptors (Lipinski definition) is 4. The predicted molar refractivity (Wildman–Crippen MR) is 110 cm³/mol. The molecule has 2 unspecified atom stereocenters. The summed E-state index contributed by atoms with van der Waals surface area (Å²) in [5, 5.41) is 10.1. The van der Waals surface area contributed by atoms with E-state index in [1.54, 1.807) is 12.1 Å². The number of rotatable bonds is 4. The molecule has 4 saturated carbocycles.